The van der Waals surface area contributed by atoms with Gasteiger partial charge in [-0.25, -0.2) is 4.68 Å². The Morgan fingerprint density at radius 3 is 2.41 bits per heavy atom. The van der Waals surface area contributed by atoms with Crippen LogP contribution in [0.1, 0.15) is 49.1 Å². The van der Waals surface area contributed by atoms with Crippen molar-refractivity contribution >= 4 is 52.3 Å². The van der Waals surface area contributed by atoms with Gasteiger partial charge in [-0.3, -0.25) is 9.59 Å². The Morgan fingerprint density at radius 1 is 0.978 bits per heavy atom. The Balaban J connectivity index is 1.49. The summed E-state index contributed by atoms with van der Waals surface area (Å²) in [5, 5.41) is 30.1. The quantitative estimate of drug-likeness (QED) is 0.196. The zero-order chi connectivity index (χ0) is 33.2. The van der Waals surface area contributed by atoms with E-state index in [0.717, 1.165) is 0 Å². The fourth-order valence-corrected chi connectivity index (χ4v) is 5.05. The maximum atomic E-state index is 13.8. The number of nitrogens with one attached hydrogen (secondary N) is 2. The van der Waals surface area contributed by atoms with E-state index >= 15 is 0 Å². The second-order valence-corrected chi connectivity index (χ2v) is 11.0. The van der Waals surface area contributed by atoms with E-state index < -0.39 is 23.8 Å². The molecule has 2 heterocycles. The molecule has 2 aromatic heterocycles. The molecular formula is C29H19Cl3F3N9O2. The Bertz CT molecular complexity index is 2020. The van der Waals surface area contributed by atoms with Gasteiger partial charge < -0.3 is 10.6 Å². The van der Waals surface area contributed by atoms with Crippen LogP contribution in [0.4, 0.5) is 18.9 Å². The monoisotopic (exact) mass is 687 g/mol. The average Bonchev–Trinajstić information content (AvgIpc) is 3.65. The first-order valence-electron chi connectivity index (χ1n) is 13.1. The number of tetrazole rings is 1. The highest BCUT2D eigenvalue weighted by Crippen LogP contribution is 2.28. The lowest BCUT2D eigenvalue weighted by Crippen LogP contribution is -2.26. The molecule has 0 aliphatic carbocycles. The maximum absolute atomic E-state index is 13.8. The zero-order valence-electron chi connectivity index (χ0n) is 23.4. The lowest BCUT2D eigenvalue weighted by Gasteiger charge is -2.16. The van der Waals surface area contributed by atoms with Crippen LogP contribution in [-0.4, -0.2) is 41.8 Å². The van der Waals surface area contributed by atoms with Crippen LogP contribution < -0.4 is 10.6 Å². The number of rotatable bonds is 8. The molecule has 5 rings (SSSR count). The van der Waals surface area contributed by atoms with Crippen molar-refractivity contribution in [3.8, 4) is 11.8 Å². The highest BCUT2D eigenvalue weighted by Gasteiger charge is 2.37. The van der Waals surface area contributed by atoms with Crippen LogP contribution >= 0.6 is 34.8 Å². The average molecular weight is 689 g/mol. The van der Waals surface area contributed by atoms with E-state index in [2.05, 4.69) is 31.1 Å². The fraction of sp³-hybridized carbons (Fsp3) is 0.138. The van der Waals surface area contributed by atoms with Crippen molar-refractivity contribution in [3.63, 3.8) is 0 Å². The Hall–Kier alpha value is -4.97. The molecule has 0 saturated heterocycles. The van der Waals surface area contributed by atoms with E-state index in [1.54, 1.807) is 43.3 Å². The van der Waals surface area contributed by atoms with E-state index in [1.807, 2.05) is 6.07 Å². The minimum absolute atomic E-state index is 0.00878. The number of aromatic nitrogens is 6. The van der Waals surface area contributed by atoms with E-state index in [0.29, 0.717) is 26.0 Å². The van der Waals surface area contributed by atoms with E-state index in [9.17, 15) is 28.0 Å². The van der Waals surface area contributed by atoms with Crippen LogP contribution in [0.2, 0.25) is 15.1 Å². The predicted octanol–water partition coefficient (Wildman–Crippen LogP) is 6.25. The zero-order valence-corrected chi connectivity index (χ0v) is 25.7. The third-order valence-electron chi connectivity index (χ3n) is 6.49. The van der Waals surface area contributed by atoms with Crippen LogP contribution in [-0.2, 0) is 19.3 Å². The second kappa shape index (κ2) is 13.2. The number of para-hydroxylation sites is 1. The molecule has 0 radical (unpaired) electrons. The van der Waals surface area contributed by atoms with Gasteiger partial charge in [-0.2, -0.15) is 28.3 Å². The summed E-state index contributed by atoms with van der Waals surface area (Å²) in [5.74, 6) is -2.79. The van der Waals surface area contributed by atoms with Gasteiger partial charge in [-0.05, 0) is 65.7 Å². The largest absolute Gasteiger partial charge is 0.455 e. The van der Waals surface area contributed by atoms with Crippen LogP contribution in [0.25, 0.3) is 5.69 Å². The van der Waals surface area contributed by atoms with E-state index in [4.69, 9.17) is 34.8 Å². The molecule has 234 valence electrons. The molecule has 2 N–H and O–H groups in total. The Labute approximate surface area is 273 Å². The fourth-order valence-electron chi connectivity index (χ4n) is 4.35. The van der Waals surface area contributed by atoms with Gasteiger partial charge in [-0.15, -0.1) is 10.2 Å². The van der Waals surface area contributed by atoms with E-state index in [1.165, 1.54) is 28.9 Å². The number of hydrogen-bond acceptors (Lipinski definition) is 7. The molecule has 0 atom stereocenters. The van der Waals surface area contributed by atoms with Gasteiger partial charge >= 0.3 is 6.18 Å². The number of amides is 2. The number of aryl methyl sites for hydroxylation is 1. The van der Waals surface area contributed by atoms with Gasteiger partial charge in [0, 0.05) is 16.6 Å². The van der Waals surface area contributed by atoms with Crippen LogP contribution in [0.5, 0.6) is 0 Å². The minimum atomic E-state index is -4.80. The number of nitrogens with zero attached hydrogens (tertiary/aromatic N) is 7. The number of nitriles is 1. The first kappa shape index (κ1) is 32.4. The molecule has 5 aromatic rings. The number of carbonyl (C=O) groups is 2. The van der Waals surface area contributed by atoms with Gasteiger partial charge in [0.25, 0.3) is 17.6 Å². The number of hydrogen-bond donors (Lipinski definition) is 2. The summed E-state index contributed by atoms with van der Waals surface area (Å²) in [7, 11) is 0. The molecule has 0 bridgehead atoms. The number of carbonyl (C=O) groups excluding carboxylic acids is 2. The standard InChI is InChI=1S/C29H19Cl3F3N9O2/c1-15-8-16(12-36)9-20(26(45)37-13-17-6-7-18(30)10-22(17)32)25(15)38-27(46)24-11-19(14-43-41-28(39-42-43)29(33,34)35)40-44(24)23-5-3-2-4-21(23)31/h2-11H,13-14H2,1H3,(H,37,45)(H,38,46). The summed E-state index contributed by atoms with van der Waals surface area (Å²) in [6.45, 7) is 1.26. The topological polar surface area (TPSA) is 143 Å². The summed E-state index contributed by atoms with van der Waals surface area (Å²) in [6, 6.07) is 17.4. The summed E-state index contributed by atoms with van der Waals surface area (Å²) in [6.07, 6.45) is -4.80. The third-order valence-corrected chi connectivity index (χ3v) is 7.39. The molecule has 0 aliphatic heterocycles. The minimum Gasteiger partial charge on any atom is -0.348 e. The molecule has 2 amide bonds. The summed E-state index contributed by atoms with van der Waals surface area (Å²) < 4.78 is 40.2. The van der Waals surface area contributed by atoms with Crippen molar-refractivity contribution in [1.82, 2.24) is 35.3 Å². The number of alkyl halides is 3. The third kappa shape index (κ3) is 7.12. The molecule has 11 nitrogen and oxygen atoms in total. The predicted molar refractivity (Wildman–Crippen MR) is 162 cm³/mol. The molecule has 17 heteroatoms. The van der Waals surface area contributed by atoms with Crippen molar-refractivity contribution in [2.45, 2.75) is 26.2 Å². The van der Waals surface area contributed by atoms with Crippen LogP contribution in [0.3, 0.4) is 0 Å². The van der Waals surface area contributed by atoms with Crippen molar-refractivity contribution in [3.05, 3.63) is 115 Å². The van der Waals surface area contributed by atoms with Gasteiger partial charge in [0.2, 0.25) is 0 Å². The first-order valence-corrected chi connectivity index (χ1v) is 14.2. The maximum Gasteiger partial charge on any atom is 0.455 e. The van der Waals surface area contributed by atoms with Crippen LogP contribution in [0, 0.1) is 18.3 Å². The lowest BCUT2D eigenvalue weighted by atomic mass is 10.0. The molecule has 0 unspecified atom stereocenters. The Morgan fingerprint density at radius 2 is 1.74 bits per heavy atom. The highest BCUT2D eigenvalue weighted by atomic mass is 35.5. The van der Waals surface area contributed by atoms with Crippen molar-refractivity contribution in [2.24, 2.45) is 0 Å². The molecular weight excluding hydrogens is 670 g/mol. The second-order valence-electron chi connectivity index (χ2n) is 9.73. The molecule has 0 aliphatic rings. The first-order chi connectivity index (χ1) is 21.8. The van der Waals surface area contributed by atoms with Crippen molar-refractivity contribution in [2.75, 3.05) is 5.32 Å². The normalized spacial score (nSPS) is 11.3. The number of anilines is 1. The highest BCUT2D eigenvalue weighted by molar-refractivity contribution is 6.35. The van der Waals surface area contributed by atoms with Gasteiger partial charge in [-0.1, -0.05) is 53.0 Å². The molecule has 3 aromatic carbocycles. The summed E-state index contributed by atoms with van der Waals surface area (Å²) >= 11 is 18.6. The van der Waals surface area contributed by atoms with Gasteiger partial charge in [0.05, 0.1) is 39.3 Å². The number of benzene rings is 3. The molecule has 0 spiro atoms. The SMILES string of the molecule is Cc1cc(C#N)cc(C(=O)NCc2ccc(Cl)cc2Cl)c1NC(=O)c1cc(Cn2nnc(C(F)(F)F)n2)nn1-c1ccccc1Cl. The number of halogens is 6. The lowest BCUT2D eigenvalue weighted by molar-refractivity contribution is -0.145. The molecule has 0 saturated carbocycles. The summed E-state index contributed by atoms with van der Waals surface area (Å²) in [4.78, 5) is 27.9. The Kier molecular flexibility index (Phi) is 9.29. The van der Waals surface area contributed by atoms with E-state index in [-0.39, 0.29) is 52.0 Å². The molecule has 46 heavy (non-hydrogen) atoms. The van der Waals surface area contributed by atoms with Gasteiger partial charge in [0.1, 0.15) is 12.2 Å². The molecule has 0 fully saturated rings. The summed E-state index contributed by atoms with van der Waals surface area (Å²) in [5.41, 5.74) is 1.56. The van der Waals surface area contributed by atoms with Crippen molar-refractivity contribution in [1.29, 1.82) is 5.26 Å². The van der Waals surface area contributed by atoms with Crippen molar-refractivity contribution < 1.29 is 22.8 Å². The van der Waals surface area contributed by atoms with Gasteiger partial charge in [0.15, 0.2) is 0 Å². The smallest absolute Gasteiger partial charge is 0.348 e. The van der Waals surface area contributed by atoms with Crippen LogP contribution in [0.15, 0.2) is 60.7 Å².